The molecule has 7 unspecified atom stereocenters. The van der Waals surface area contributed by atoms with E-state index in [0.717, 1.165) is 25.4 Å². The van der Waals surface area contributed by atoms with Gasteiger partial charge in [-0.3, -0.25) is 4.79 Å². The van der Waals surface area contributed by atoms with Crippen molar-refractivity contribution in [2.24, 2.45) is 39.9 Å². The fraction of sp³-hybridized carbons (Fsp3) is 0.857. The summed E-state index contributed by atoms with van der Waals surface area (Å²) in [6, 6.07) is 0. The van der Waals surface area contributed by atoms with Gasteiger partial charge in [-0.25, -0.2) is 0 Å². The minimum Gasteiger partial charge on any atom is -0.462 e. The number of carbonyl (C=O) groups excluding carboxylic acids is 1. The Bertz CT molecular complexity index is 968. The van der Waals surface area contributed by atoms with Crippen LogP contribution < -0.4 is 0 Å². The van der Waals surface area contributed by atoms with Crippen molar-refractivity contribution in [1.82, 2.24) is 0 Å². The highest BCUT2D eigenvalue weighted by atomic mass is 28.4. The first kappa shape index (κ1) is 31.1. The number of rotatable bonds is 8. The third-order valence-electron chi connectivity index (χ3n) is 12.7. The van der Waals surface area contributed by atoms with Gasteiger partial charge >= 0.3 is 5.97 Å². The van der Waals surface area contributed by atoms with Gasteiger partial charge in [-0.1, -0.05) is 99.5 Å². The van der Waals surface area contributed by atoms with Crippen molar-refractivity contribution in [2.75, 3.05) is 6.61 Å². The molecule has 0 amide bonds. The van der Waals surface area contributed by atoms with Gasteiger partial charge in [0, 0.05) is 18.9 Å². The number of allylic oxidation sites excluding steroid dienone is 3. The number of carbonyl (C=O) groups is 1. The molecule has 0 aromatic carbocycles. The topological polar surface area (TPSA) is 35.5 Å². The lowest BCUT2D eigenvalue weighted by molar-refractivity contribution is -0.155. The first-order chi connectivity index (χ1) is 18.0. The summed E-state index contributed by atoms with van der Waals surface area (Å²) in [7, 11) is -1.85. The van der Waals surface area contributed by atoms with Crippen molar-refractivity contribution in [1.29, 1.82) is 0 Å². The summed E-state index contributed by atoms with van der Waals surface area (Å²) in [5.41, 5.74) is 5.60. The van der Waals surface area contributed by atoms with Gasteiger partial charge in [-0.15, -0.1) is 0 Å². The third-order valence-corrected chi connectivity index (χ3v) is 18.8. The number of fused-ring (bicyclic) bond motifs is 5. The Balaban J connectivity index is 1.57. The molecule has 0 spiro atoms. The van der Waals surface area contributed by atoms with Crippen molar-refractivity contribution in [3.63, 3.8) is 0 Å². The molecule has 4 aliphatic rings. The lowest BCUT2D eigenvalue weighted by Gasteiger charge is -2.58. The maximum atomic E-state index is 11.9. The van der Waals surface area contributed by atoms with E-state index in [1.165, 1.54) is 31.3 Å². The zero-order chi connectivity index (χ0) is 29.1. The summed E-state index contributed by atoms with van der Waals surface area (Å²) in [5.74, 6) is 2.50. The molecule has 7 atom stereocenters. The second kappa shape index (κ2) is 10.8. The minimum atomic E-state index is -1.85. The number of hydrogen-bond acceptors (Lipinski definition) is 3. The third kappa shape index (κ3) is 4.86. The molecule has 4 aliphatic carbocycles. The van der Waals surface area contributed by atoms with Crippen molar-refractivity contribution in [2.45, 2.75) is 144 Å². The Hall–Kier alpha value is -0.873. The molecular weight excluding hydrogens is 496 g/mol. The van der Waals surface area contributed by atoms with Gasteiger partial charge in [0.05, 0.1) is 0 Å². The Morgan fingerprint density at radius 2 is 1.49 bits per heavy atom. The molecule has 3 nitrogen and oxygen atoms in total. The van der Waals surface area contributed by atoms with E-state index < -0.39 is 8.32 Å². The lowest BCUT2D eigenvalue weighted by atomic mass is 9.47. The molecule has 0 heterocycles. The van der Waals surface area contributed by atoms with Gasteiger partial charge in [-0.2, -0.15) is 0 Å². The molecule has 4 heteroatoms. The van der Waals surface area contributed by atoms with Crippen LogP contribution in [0.3, 0.4) is 0 Å². The first-order valence-electron chi connectivity index (χ1n) is 16.3. The number of esters is 1. The van der Waals surface area contributed by atoms with Gasteiger partial charge in [0.1, 0.15) is 6.10 Å². The van der Waals surface area contributed by atoms with Crippen LogP contribution in [-0.4, -0.2) is 27.0 Å². The smallest absolute Gasteiger partial charge is 0.302 e. The molecule has 0 bridgehead atoms. The van der Waals surface area contributed by atoms with E-state index in [4.69, 9.17) is 9.16 Å². The molecule has 0 N–H and O–H groups in total. The summed E-state index contributed by atoms with van der Waals surface area (Å²) < 4.78 is 13.0. The minimum absolute atomic E-state index is 0.0203. The van der Waals surface area contributed by atoms with E-state index in [9.17, 15) is 4.79 Å². The van der Waals surface area contributed by atoms with Crippen LogP contribution in [0, 0.1) is 39.9 Å². The second-order valence-electron chi connectivity index (χ2n) is 16.0. The van der Waals surface area contributed by atoms with Crippen LogP contribution in [-0.2, 0) is 14.0 Å². The van der Waals surface area contributed by atoms with Crippen LogP contribution in [0.25, 0.3) is 0 Å². The van der Waals surface area contributed by atoms with Crippen LogP contribution in [0.4, 0.5) is 0 Å². The fourth-order valence-corrected chi connectivity index (χ4v) is 16.5. The van der Waals surface area contributed by atoms with E-state index in [1.807, 2.05) is 0 Å². The lowest BCUT2D eigenvalue weighted by Crippen LogP contribution is -2.52. The van der Waals surface area contributed by atoms with Gasteiger partial charge in [0.15, 0.2) is 8.32 Å². The van der Waals surface area contributed by atoms with E-state index in [-0.39, 0.29) is 22.9 Å². The highest BCUT2D eigenvalue weighted by molar-refractivity contribution is 6.77. The SMILES string of the molecule is CC(=O)OC1CCC2(C)C(=CC=C3C2CCC2(C)C3CCC2C(C)CO[Si](C(C)C)(C(C)C)C(C)C)C1(C)C. The van der Waals surface area contributed by atoms with E-state index in [2.05, 4.69) is 88.3 Å². The van der Waals surface area contributed by atoms with Gasteiger partial charge in [0.2, 0.25) is 0 Å². The maximum absolute atomic E-state index is 11.9. The number of hydrogen-bond donors (Lipinski definition) is 0. The Labute approximate surface area is 242 Å². The predicted octanol–water partition coefficient (Wildman–Crippen LogP) is 9.88. The van der Waals surface area contributed by atoms with Crippen LogP contribution in [0.1, 0.15) is 122 Å². The fourth-order valence-electron chi connectivity index (χ4n) is 11.0. The van der Waals surface area contributed by atoms with Crippen molar-refractivity contribution >= 4 is 14.3 Å². The molecule has 0 aliphatic heterocycles. The van der Waals surface area contributed by atoms with Crippen LogP contribution in [0.5, 0.6) is 0 Å². The predicted molar refractivity (Wildman–Crippen MR) is 166 cm³/mol. The molecule has 4 rings (SSSR count). The van der Waals surface area contributed by atoms with Crippen molar-refractivity contribution in [3.8, 4) is 0 Å². The highest BCUT2D eigenvalue weighted by Gasteiger charge is 2.60. The zero-order valence-electron chi connectivity index (χ0n) is 27.4. The van der Waals surface area contributed by atoms with E-state index in [0.29, 0.717) is 39.8 Å². The van der Waals surface area contributed by atoms with Gasteiger partial charge < -0.3 is 9.16 Å². The molecule has 222 valence electrons. The van der Waals surface area contributed by atoms with Crippen LogP contribution in [0.2, 0.25) is 16.6 Å². The van der Waals surface area contributed by atoms with Gasteiger partial charge in [0.25, 0.3) is 0 Å². The van der Waals surface area contributed by atoms with E-state index >= 15 is 0 Å². The summed E-state index contributed by atoms with van der Waals surface area (Å²) in [6.45, 7) is 29.2. The quantitative estimate of drug-likeness (QED) is 0.220. The van der Waals surface area contributed by atoms with Gasteiger partial charge in [-0.05, 0) is 89.7 Å². The molecule has 0 radical (unpaired) electrons. The molecule has 3 saturated carbocycles. The standard InChI is InChI=1S/C35H60O3Si/c1-22(2)39(23(3)4,24(5)6)37-21-25(7)28-14-15-29-27-13-16-31-33(9,10)32(38-26(8)36)18-20-35(31,12)30(27)17-19-34(28,29)11/h13,16,22-25,28-30,32H,14-15,17-21H2,1-12H3. The van der Waals surface area contributed by atoms with Crippen LogP contribution >= 0.6 is 0 Å². The average Bonchev–Trinajstić information content (AvgIpc) is 3.17. The maximum Gasteiger partial charge on any atom is 0.302 e. The first-order valence-corrected chi connectivity index (χ1v) is 18.4. The van der Waals surface area contributed by atoms with Crippen molar-refractivity contribution in [3.05, 3.63) is 23.3 Å². The summed E-state index contributed by atoms with van der Waals surface area (Å²) in [6.07, 6.45) is 12.3. The molecule has 0 aromatic heterocycles. The average molecular weight is 557 g/mol. The largest absolute Gasteiger partial charge is 0.462 e. The summed E-state index contributed by atoms with van der Waals surface area (Å²) in [4.78, 5) is 11.9. The molecule has 0 saturated heterocycles. The normalized spacial score (nSPS) is 36.7. The second-order valence-corrected chi connectivity index (χ2v) is 21.4. The molecule has 3 fully saturated rings. The zero-order valence-corrected chi connectivity index (χ0v) is 28.4. The summed E-state index contributed by atoms with van der Waals surface area (Å²) in [5, 5.41) is 0. The summed E-state index contributed by atoms with van der Waals surface area (Å²) >= 11 is 0. The molecule has 0 aromatic rings. The Kier molecular flexibility index (Phi) is 8.57. The van der Waals surface area contributed by atoms with Crippen molar-refractivity contribution < 1.29 is 14.0 Å². The Morgan fingerprint density at radius 3 is 2.05 bits per heavy atom. The highest BCUT2D eigenvalue weighted by Crippen LogP contribution is 2.67. The number of ether oxygens (including phenoxy) is 1. The monoisotopic (exact) mass is 556 g/mol. The van der Waals surface area contributed by atoms with E-state index in [1.54, 1.807) is 12.5 Å². The molecule has 39 heavy (non-hydrogen) atoms. The van der Waals surface area contributed by atoms with Crippen LogP contribution in [0.15, 0.2) is 23.3 Å². The molecular formula is C35H60O3Si. The Morgan fingerprint density at radius 1 is 0.872 bits per heavy atom.